The highest BCUT2D eigenvalue weighted by Crippen LogP contribution is 2.00. The summed E-state index contributed by atoms with van der Waals surface area (Å²) in [5, 5.41) is 30.1. The second-order valence-corrected chi connectivity index (χ2v) is 7.86. The normalized spacial score (nSPS) is 11.2. The smallest absolute Gasteiger partial charge is 0.317 e. The van der Waals surface area contributed by atoms with Gasteiger partial charge in [0.2, 0.25) is 5.91 Å². The molecule has 4 N–H and O–H groups in total. The van der Waals surface area contributed by atoms with Gasteiger partial charge in [0.05, 0.1) is 39.3 Å². The molecular formula is C21H38N4O10. The minimum Gasteiger partial charge on any atom is -0.480 e. The molecule has 1 amide bonds. The summed E-state index contributed by atoms with van der Waals surface area (Å²) in [6, 6.07) is 0. The van der Waals surface area contributed by atoms with Gasteiger partial charge < -0.3 is 30.1 Å². The summed E-state index contributed by atoms with van der Waals surface area (Å²) in [4.78, 5) is 62.2. The Bertz CT molecular complexity index is 628. The Morgan fingerprint density at radius 1 is 0.657 bits per heavy atom. The first-order valence-corrected chi connectivity index (χ1v) is 11.2. The average molecular weight is 507 g/mol. The van der Waals surface area contributed by atoms with Gasteiger partial charge in [-0.3, -0.25) is 38.7 Å². The predicted octanol–water partition coefficient (Wildman–Crippen LogP) is -2.10. The summed E-state index contributed by atoms with van der Waals surface area (Å²) in [5.74, 6) is -3.92. The molecule has 35 heavy (non-hydrogen) atoms. The zero-order valence-electron chi connectivity index (χ0n) is 20.4. The first-order valence-electron chi connectivity index (χ1n) is 11.2. The van der Waals surface area contributed by atoms with Gasteiger partial charge in [0.15, 0.2) is 0 Å². The highest BCUT2D eigenvalue weighted by Gasteiger charge is 2.19. The lowest BCUT2D eigenvalue weighted by molar-refractivity contribution is -0.141. The minimum atomic E-state index is -1.14. The van der Waals surface area contributed by atoms with Crippen molar-refractivity contribution in [2.75, 3.05) is 92.9 Å². The molecule has 0 saturated carbocycles. The SMILES string of the molecule is COCCCC(=O)CN(CCN(CCN(CC(=O)O)CC(=O)NCCOC)CC(=O)O)CC(=O)O. The summed E-state index contributed by atoms with van der Waals surface area (Å²) < 4.78 is 9.75. The number of carboxylic acid groups (broad SMARTS) is 3. The molecule has 0 aromatic rings. The molecule has 0 aliphatic heterocycles. The number of nitrogens with zero attached hydrogens (tertiary/aromatic N) is 3. The van der Waals surface area contributed by atoms with Crippen LogP contribution in [0, 0.1) is 0 Å². The van der Waals surface area contributed by atoms with Gasteiger partial charge in [-0.1, -0.05) is 0 Å². The molecule has 0 aromatic carbocycles. The number of nitrogens with one attached hydrogen (secondary N) is 1. The molecule has 0 aliphatic rings. The van der Waals surface area contributed by atoms with Crippen LogP contribution in [-0.2, 0) is 33.4 Å². The molecule has 0 bridgehead atoms. The first-order chi connectivity index (χ1) is 16.6. The zero-order valence-corrected chi connectivity index (χ0v) is 20.4. The Balaban J connectivity index is 5.00. The predicted molar refractivity (Wildman–Crippen MR) is 123 cm³/mol. The number of Topliss-reactive ketones (excluding diaryl/α,β-unsaturated/α-hetero) is 1. The third-order valence-corrected chi connectivity index (χ3v) is 4.74. The number of ketones is 1. The van der Waals surface area contributed by atoms with E-state index in [2.05, 4.69) is 5.32 Å². The van der Waals surface area contributed by atoms with Gasteiger partial charge in [-0.05, 0) is 6.42 Å². The van der Waals surface area contributed by atoms with E-state index in [1.807, 2.05) is 0 Å². The van der Waals surface area contributed by atoms with Crippen molar-refractivity contribution in [1.29, 1.82) is 0 Å². The molecule has 0 unspecified atom stereocenters. The lowest BCUT2D eigenvalue weighted by Crippen LogP contribution is -2.46. The fourth-order valence-electron chi connectivity index (χ4n) is 3.13. The van der Waals surface area contributed by atoms with Gasteiger partial charge in [-0.25, -0.2) is 0 Å². The van der Waals surface area contributed by atoms with Crippen LogP contribution in [0.2, 0.25) is 0 Å². The zero-order chi connectivity index (χ0) is 26.6. The van der Waals surface area contributed by atoms with E-state index in [-0.39, 0.29) is 71.1 Å². The third kappa shape index (κ3) is 19.4. The van der Waals surface area contributed by atoms with Crippen LogP contribution in [0.25, 0.3) is 0 Å². The molecule has 0 fully saturated rings. The van der Waals surface area contributed by atoms with E-state index in [1.54, 1.807) is 0 Å². The molecule has 0 spiro atoms. The molecular weight excluding hydrogens is 468 g/mol. The molecule has 202 valence electrons. The van der Waals surface area contributed by atoms with Crippen LogP contribution in [-0.4, -0.2) is 152 Å². The fraction of sp³-hybridized carbons (Fsp3) is 0.762. The van der Waals surface area contributed by atoms with Crippen molar-refractivity contribution in [3.8, 4) is 0 Å². The number of aliphatic carboxylic acids is 3. The quantitative estimate of drug-likeness (QED) is 0.111. The van der Waals surface area contributed by atoms with Crippen molar-refractivity contribution >= 4 is 29.6 Å². The molecule has 0 atom stereocenters. The van der Waals surface area contributed by atoms with Crippen LogP contribution < -0.4 is 5.32 Å². The van der Waals surface area contributed by atoms with Gasteiger partial charge in [0.1, 0.15) is 5.78 Å². The van der Waals surface area contributed by atoms with E-state index in [1.165, 1.54) is 28.9 Å². The lowest BCUT2D eigenvalue weighted by Gasteiger charge is -2.28. The Kier molecular flexibility index (Phi) is 18.1. The monoisotopic (exact) mass is 506 g/mol. The van der Waals surface area contributed by atoms with Crippen molar-refractivity contribution in [1.82, 2.24) is 20.0 Å². The molecule has 0 radical (unpaired) electrons. The summed E-state index contributed by atoms with van der Waals surface area (Å²) in [5.41, 5.74) is 0. The van der Waals surface area contributed by atoms with Crippen LogP contribution in [0.4, 0.5) is 0 Å². The van der Waals surface area contributed by atoms with Gasteiger partial charge >= 0.3 is 17.9 Å². The van der Waals surface area contributed by atoms with Crippen LogP contribution >= 0.6 is 0 Å². The van der Waals surface area contributed by atoms with Crippen molar-refractivity contribution in [2.45, 2.75) is 12.8 Å². The fourth-order valence-corrected chi connectivity index (χ4v) is 3.13. The molecule has 0 saturated heterocycles. The second-order valence-electron chi connectivity index (χ2n) is 7.86. The molecule has 0 heterocycles. The number of ether oxygens (including phenoxy) is 2. The highest BCUT2D eigenvalue weighted by atomic mass is 16.5. The third-order valence-electron chi connectivity index (χ3n) is 4.74. The van der Waals surface area contributed by atoms with Crippen LogP contribution in [0.15, 0.2) is 0 Å². The van der Waals surface area contributed by atoms with Crippen LogP contribution in [0.5, 0.6) is 0 Å². The van der Waals surface area contributed by atoms with Crippen molar-refractivity contribution in [3.63, 3.8) is 0 Å². The van der Waals surface area contributed by atoms with Gasteiger partial charge in [-0.2, -0.15) is 0 Å². The highest BCUT2D eigenvalue weighted by molar-refractivity contribution is 5.81. The maximum atomic E-state index is 12.1. The number of methoxy groups -OCH3 is 2. The summed E-state index contributed by atoms with van der Waals surface area (Å²) in [6.45, 7) is -0.0232. The van der Waals surface area contributed by atoms with E-state index in [0.717, 1.165) is 0 Å². The maximum Gasteiger partial charge on any atom is 0.317 e. The van der Waals surface area contributed by atoms with Gasteiger partial charge in [0, 0.05) is 60.0 Å². The molecule has 0 aromatic heterocycles. The van der Waals surface area contributed by atoms with Crippen molar-refractivity contribution < 1.29 is 48.8 Å². The topological polar surface area (TPSA) is 186 Å². The van der Waals surface area contributed by atoms with Crippen LogP contribution in [0.1, 0.15) is 12.8 Å². The molecule has 14 heteroatoms. The van der Waals surface area contributed by atoms with Gasteiger partial charge in [-0.15, -0.1) is 0 Å². The average Bonchev–Trinajstić information content (AvgIpc) is 2.74. The number of hydrogen-bond donors (Lipinski definition) is 4. The Morgan fingerprint density at radius 3 is 1.60 bits per heavy atom. The van der Waals surface area contributed by atoms with Gasteiger partial charge in [0.25, 0.3) is 0 Å². The number of carboxylic acids is 3. The number of carbonyl (C=O) groups is 5. The minimum absolute atomic E-state index is 0.0894. The summed E-state index contributed by atoms with van der Waals surface area (Å²) in [6.07, 6.45) is 0.749. The first kappa shape index (κ1) is 32.4. The maximum absolute atomic E-state index is 12.1. The van der Waals surface area contributed by atoms with E-state index in [9.17, 15) is 29.1 Å². The van der Waals surface area contributed by atoms with E-state index in [4.69, 9.17) is 19.7 Å². The largest absolute Gasteiger partial charge is 0.480 e. The number of carbonyl (C=O) groups excluding carboxylic acids is 2. The number of rotatable bonds is 23. The Morgan fingerprint density at radius 2 is 1.11 bits per heavy atom. The molecule has 0 rings (SSSR count). The molecule has 14 nitrogen and oxygen atoms in total. The number of amides is 1. The second kappa shape index (κ2) is 19.6. The Hall–Kier alpha value is -2.65. The van der Waals surface area contributed by atoms with E-state index >= 15 is 0 Å². The lowest BCUT2D eigenvalue weighted by atomic mass is 10.2. The van der Waals surface area contributed by atoms with Crippen LogP contribution in [0.3, 0.4) is 0 Å². The standard InChI is InChI=1S/C21H38N4O10/c1-34-10-3-4-17(26)12-24(15-20(30)31)8-6-23(14-19(28)29)7-9-25(16-21(32)33)13-18(27)22-5-11-35-2/h3-16H2,1-2H3,(H,22,27)(H,28,29)(H,30,31)(H,32,33). The van der Waals surface area contributed by atoms with Crippen molar-refractivity contribution in [3.05, 3.63) is 0 Å². The summed E-state index contributed by atoms with van der Waals surface area (Å²) in [7, 11) is 3.00. The summed E-state index contributed by atoms with van der Waals surface area (Å²) >= 11 is 0. The van der Waals surface area contributed by atoms with E-state index < -0.39 is 30.4 Å². The van der Waals surface area contributed by atoms with E-state index in [0.29, 0.717) is 19.6 Å². The number of hydrogen-bond acceptors (Lipinski definition) is 10. The Labute approximate surface area is 204 Å². The van der Waals surface area contributed by atoms with Crippen molar-refractivity contribution in [2.24, 2.45) is 0 Å². The molecule has 0 aliphatic carbocycles.